The Balaban J connectivity index is 1.55. The molecule has 1 saturated carbocycles. The van der Waals surface area contributed by atoms with Gasteiger partial charge in [-0.3, -0.25) is 4.79 Å². The van der Waals surface area contributed by atoms with Crippen LogP contribution in [0.3, 0.4) is 0 Å². The molecule has 1 heterocycles. The molecule has 3 rings (SSSR count). The maximum absolute atomic E-state index is 12.3. The Kier molecular flexibility index (Phi) is 8.03. The minimum absolute atomic E-state index is 0.0839. The van der Waals surface area contributed by atoms with Crippen LogP contribution in [0.2, 0.25) is 0 Å². The standard InChI is InChI=1S/C21H28N4OS2/c1-3-13-25-19(14-27-18-11-9-16(2)10-12-18)23-24-21(25)28-15-20(26)22-17-7-5-4-6-8-17/h3,9-12,17H,1,4-8,13-15H2,2H3,(H,22,26). The number of thioether (sulfide) groups is 2. The first-order valence-electron chi connectivity index (χ1n) is 9.80. The van der Waals surface area contributed by atoms with Crippen LogP contribution in [0.1, 0.15) is 43.5 Å². The predicted octanol–water partition coefficient (Wildman–Crippen LogP) is 4.61. The molecule has 1 fully saturated rings. The van der Waals surface area contributed by atoms with Gasteiger partial charge >= 0.3 is 0 Å². The van der Waals surface area contributed by atoms with Gasteiger partial charge in [-0.1, -0.05) is 54.8 Å². The summed E-state index contributed by atoms with van der Waals surface area (Å²) in [5.74, 6) is 2.09. The van der Waals surface area contributed by atoms with Crippen LogP contribution in [0.4, 0.5) is 0 Å². The molecule has 0 unspecified atom stereocenters. The number of amides is 1. The van der Waals surface area contributed by atoms with Crippen molar-refractivity contribution in [2.75, 3.05) is 5.75 Å². The van der Waals surface area contributed by atoms with E-state index in [0.29, 0.717) is 18.3 Å². The van der Waals surface area contributed by atoms with Gasteiger partial charge in [0, 0.05) is 17.5 Å². The SMILES string of the molecule is C=CCn1c(CSc2ccc(C)cc2)nnc1SCC(=O)NC1CCCCC1. The number of allylic oxidation sites excluding steroid dienone is 1. The number of aromatic nitrogens is 3. The molecule has 0 bridgehead atoms. The van der Waals surface area contributed by atoms with E-state index in [1.165, 1.54) is 41.5 Å². The van der Waals surface area contributed by atoms with Gasteiger partial charge in [-0.25, -0.2) is 0 Å². The molecule has 0 aliphatic heterocycles. The van der Waals surface area contributed by atoms with Crippen molar-refractivity contribution in [3.8, 4) is 0 Å². The number of hydrogen-bond donors (Lipinski definition) is 1. The van der Waals surface area contributed by atoms with Crippen LogP contribution in [0.15, 0.2) is 47.0 Å². The summed E-state index contributed by atoms with van der Waals surface area (Å²) in [5.41, 5.74) is 1.25. The van der Waals surface area contributed by atoms with Crippen LogP contribution in [0.5, 0.6) is 0 Å². The van der Waals surface area contributed by atoms with Gasteiger partial charge in [-0.2, -0.15) is 0 Å². The van der Waals surface area contributed by atoms with E-state index in [0.717, 1.165) is 29.6 Å². The fraction of sp³-hybridized carbons (Fsp3) is 0.476. The number of carbonyl (C=O) groups excluding carboxylic acids is 1. The lowest BCUT2D eigenvalue weighted by atomic mass is 9.95. The Bertz CT molecular complexity index is 782. The molecule has 0 spiro atoms. The summed E-state index contributed by atoms with van der Waals surface area (Å²) in [6, 6.07) is 8.82. The number of hydrogen-bond acceptors (Lipinski definition) is 5. The first-order chi connectivity index (χ1) is 13.7. The van der Waals surface area contributed by atoms with E-state index in [1.54, 1.807) is 11.8 Å². The molecule has 150 valence electrons. The normalized spacial score (nSPS) is 14.8. The van der Waals surface area contributed by atoms with Crippen LogP contribution in [-0.2, 0) is 17.1 Å². The first-order valence-corrected chi connectivity index (χ1v) is 11.8. The summed E-state index contributed by atoms with van der Waals surface area (Å²) in [7, 11) is 0. The van der Waals surface area contributed by atoms with Crippen molar-refractivity contribution in [2.24, 2.45) is 0 Å². The number of rotatable bonds is 9. The van der Waals surface area contributed by atoms with Gasteiger partial charge < -0.3 is 9.88 Å². The fourth-order valence-corrected chi connectivity index (χ4v) is 4.89. The predicted molar refractivity (Wildman–Crippen MR) is 117 cm³/mol. The maximum atomic E-state index is 12.3. The lowest BCUT2D eigenvalue weighted by molar-refractivity contribution is -0.119. The highest BCUT2D eigenvalue weighted by molar-refractivity contribution is 7.99. The van der Waals surface area contributed by atoms with E-state index in [1.807, 2.05) is 10.6 Å². The molecule has 1 aromatic carbocycles. The van der Waals surface area contributed by atoms with Crippen molar-refractivity contribution in [1.82, 2.24) is 20.1 Å². The Morgan fingerprint density at radius 1 is 1.21 bits per heavy atom. The monoisotopic (exact) mass is 416 g/mol. The molecule has 2 aromatic rings. The molecule has 5 nitrogen and oxygen atoms in total. The molecule has 28 heavy (non-hydrogen) atoms. The summed E-state index contributed by atoms with van der Waals surface area (Å²) in [4.78, 5) is 13.5. The van der Waals surface area contributed by atoms with Gasteiger partial charge in [-0.15, -0.1) is 28.5 Å². The maximum Gasteiger partial charge on any atom is 0.230 e. The smallest absolute Gasteiger partial charge is 0.230 e. The van der Waals surface area contributed by atoms with E-state index >= 15 is 0 Å². The molecule has 0 saturated heterocycles. The van der Waals surface area contributed by atoms with Crippen molar-refractivity contribution in [1.29, 1.82) is 0 Å². The largest absolute Gasteiger partial charge is 0.353 e. The van der Waals surface area contributed by atoms with Crippen molar-refractivity contribution in [2.45, 2.75) is 67.4 Å². The van der Waals surface area contributed by atoms with Crippen molar-refractivity contribution in [3.63, 3.8) is 0 Å². The summed E-state index contributed by atoms with van der Waals surface area (Å²) < 4.78 is 2.05. The third-order valence-electron chi connectivity index (χ3n) is 4.80. The lowest BCUT2D eigenvalue weighted by Crippen LogP contribution is -2.37. The van der Waals surface area contributed by atoms with E-state index in [9.17, 15) is 4.79 Å². The molecule has 1 amide bonds. The second-order valence-corrected chi connectivity index (χ2v) is 9.08. The number of carbonyl (C=O) groups is 1. The second-order valence-electron chi connectivity index (χ2n) is 7.09. The van der Waals surface area contributed by atoms with Gasteiger partial charge in [0.2, 0.25) is 5.91 Å². The molecular weight excluding hydrogens is 388 g/mol. The first kappa shape index (κ1) is 21.0. The van der Waals surface area contributed by atoms with Gasteiger partial charge in [-0.05, 0) is 31.9 Å². The number of nitrogens with zero attached hydrogens (tertiary/aromatic N) is 3. The number of benzene rings is 1. The second kappa shape index (κ2) is 10.7. The fourth-order valence-electron chi connectivity index (χ4n) is 3.27. The van der Waals surface area contributed by atoms with Crippen molar-refractivity contribution < 1.29 is 4.79 Å². The van der Waals surface area contributed by atoms with Crippen LogP contribution in [0, 0.1) is 6.92 Å². The summed E-state index contributed by atoms with van der Waals surface area (Å²) in [6.45, 7) is 6.58. The van der Waals surface area contributed by atoms with Crippen LogP contribution in [0.25, 0.3) is 0 Å². The Morgan fingerprint density at radius 2 is 1.96 bits per heavy atom. The Labute approximate surface area is 175 Å². The highest BCUT2D eigenvalue weighted by atomic mass is 32.2. The van der Waals surface area contributed by atoms with Crippen LogP contribution in [-0.4, -0.2) is 32.5 Å². The molecule has 0 radical (unpaired) electrons. The van der Waals surface area contributed by atoms with Crippen LogP contribution < -0.4 is 5.32 Å². The topological polar surface area (TPSA) is 59.8 Å². The summed E-state index contributed by atoms with van der Waals surface area (Å²) in [6.07, 6.45) is 7.76. The highest BCUT2D eigenvalue weighted by Crippen LogP contribution is 2.25. The molecule has 1 N–H and O–H groups in total. The minimum atomic E-state index is 0.0839. The number of aryl methyl sites for hydroxylation is 1. The minimum Gasteiger partial charge on any atom is -0.353 e. The van der Waals surface area contributed by atoms with Crippen LogP contribution >= 0.6 is 23.5 Å². The van der Waals surface area contributed by atoms with E-state index in [2.05, 4.69) is 53.3 Å². The molecular formula is C21H28N4OS2. The Morgan fingerprint density at radius 3 is 2.68 bits per heavy atom. The van der Waals surface area contributed by atoms with Crippen molar-refractivity contribution >= 4 is 29.4 Å². The zero-order chi connectivity index (χ0) is 19.8. The molecule has 1 aliphatic carbocycles. The zero-order valence-electron chi connectivity index (χ0n) is 16.4. The van der Waals surface area contributed by atoms with Gasteiger partial charge in [0.1, 0.15) is 5.82 Å². The zero-order valence-corrected chi connectivity index (χ0v) is 18.0. The molecule has 1 aromatic heterocycles. The van der Waals surface area contributed by atoms with Crippen molar-refractivity contribution in [3.05, 3.63) is 48.3 Å². The lowest BCUT2D eigenvalue weighted by Gasteiger charge is -2.22. The molecule has 1 aliphatic rings. The van der Waals surface area contributed by atoms with Gasteiger partial charge in [0.15, 0.2) is 5.16 Å². The third-order valence-corrected chi connectivity index (χ3v) is 6.77. The average molecular weight is 417 g/mol. The van der Waals surface area contributed by atoms with Gasteiger partial charge in [0.05, 0.1) is 11.5 Å². The highest BCUT2D eigenvalue weighted by Gasteiger charge is 2.17. The average Bonchev–Trinajstić information content (AvgIpc) is 3.09. The Hall–Kier alpha value is -1.73. The summed E-state index contributed by atoms with van der Waals surface area (Å²) >= 11 is 3.19. The molecule has 7 heteroatoms. The van der Waals surface area contributed by atoms with E-state index in [4.69, 9.17) is 0 Å². The van der Waals surface area contributed by atoms with E-state index < -0.39 is 0 Å². The number of nitrogens with one attached hydrogen (secondary N) is 1. The van der Waals surface area contributed by atoms with Gasteiger partial charge in [0.25, 0.3) is 0 Å². The third kappa shape index (κ3) is 6.14. The molecule has 0 atom stereocenters. The summed E-state index contributed by atoms with van der Waals surface area (Å²) in [5, 5.41) is 12.6. The quantitative estimate of drug-likeness (QED) is 0.478. The van der Waals surface area contributed by atoms with E-state index in [-0.39, 0.29) is 5.91 Å².